The third-order valence-electron chi connectivity index (χ3n) is 5.93. The van der Waals surface area contributed by atoms with Gasteiger partial charge in [0.15, 0.2) is 0 Å². The van der Waals surface area contributed by atoms with E-state index in [1.165, 1.54) is 11.0 Å². The molecule has 1 aliphatic heterocycles. The lowest BCUT2D eigenvalue weighted by molar-refractivity contribution is -0.904. The van der Waals surface area contributed by atoms with Gasteiger partial charge >= 0.3 is 0 Å². The molecule has 0 bridgehead atoms. The van der Waals surface area contributed by atoms with E-state index in [9.17, 15) is 9.50 Å². The van der Waals surface area contributed by atoms with Gasteiger partial charge in [-0.15, -0.1) is 0 Å². The van der Waals surface area contributed by atoms with Gasteiger partial charge in [-0.1, -0.05) is 30.3 Å². The highest BCUT2D eigenvalue weighted by Gasteiger charge is 2.27. The zero-order valence-electron chi connectivity index (χ0n) is 16.0. The van der Waals surface area contributed by atoms with E-state index in [0.29, 0.717) is 12.2 Å². The van der Waals surface area contributed by atoms with Crippen LogP contribution in [0.1, 0.15) is 17.4 Å². The molecule has 0 radical (unpaired) electrons. The third-order valence-corrected chi connectivity index (χ3v) is 5.93. The minimum absolute atomic E-state index is 0.160. The summed E-state index contributed by atoms with van der Waals surface area (Å²) < 4.78 is 16.2. The molecule has 142 valence electrons. The van der Waals surface area contributed by atoms with Gasteiger partial charge in [0.1, 0.15) is 18.5 Å². The summed E-state index contributed by atoms with van der Waals surface area (Å²) in [5.74, 6) is -0.160. The summed E-state index contributed by atoms with van der Waals surface area (Å²) >= 11 is 0. The Bertz CT molecular complexity index is 944. The first kappa shape index (κ1) is 18.0. The Morgan fingerprint density at radius 2 is 1.74 bits per heavy atom. The summed E-state index contributed by atoms with van der Waals surface area (Å²) in [6.07, 6.45) is -0.494. The molecule has 4 rings (SSSR count). The average Bonchev–Trinajstić information content (AvgIpc) is 2.94. The molecule has 4 nitrogen and oxygen atoms in total. The fraction of sp³-hybridized carbons (Fsp3) is 0.364. The zero-order chi connectivity index (χ0) is 19.0. The van der Waals surface area contributed by atoms with E-state index in [0.717, 1.165) is 48.3 Å². The van der Waals surface area contributed by atoms with Crippen LogP contribution in [0.5, 0.6) is 0 Å². The van der Waals surface area contributed by atoms with Crippen LogP contribution in [-0.4, -0.2) is 42.4 Å². The molecule has 5 heteroatoms. The SMILES string of the molecule is Cc1c([C@@H](O)C[NH+]2CCN(c3ccccc3F)CC2)c2ccccc2n1C. The molecule has 0 unspecified atom stereocenters. The van der Waals surface area contributed by atoms with Crippen molar-refractivity contribution in [2.45, 2.75) is 13.0 Å². The Hall–Kier alpha value is -2.37. The summed E-state index contributed by atoms with van der Waals surface area (Å²) in [6, 6.07) is 15.2. The predicted octanol–water partition coefficient (Wildman–Crippen LogP) is 2.06. The van der Waals surface area contributed by atoms with E-state index >= 15 is 0 Å². The second-order valence-electron chi connectivity index (χ2n) is 7.48. The molecule has 2 N–H and O–H groups in total. The molecule has 0 aliphatic carbocycles. The molecule has 0 spiro atoms. The number of aryl methyl sites for hydroxylation is 1. The number of quaternary nitrogens is 1. The van der Waals surface area contributed by atoms with Crippen LogP contribution < -0.4 is 9.80 Å². The fourth-order valence-electron chi connectivity index (χ4n) is 4.32. The van der Waals surface area contributed by atoms with Crippen molar-refractivity contribution in [2.75, 3.05) is 37.6 Å². The van der Waals surface area contributed by atoms with Gasteiger partial charge in [0.05, 0.1) is 31.9 Å². The third kappa shape index (κ3) is 3.33. The minimum atomic E-state index is -0.494. The normalized spacial score (nSPS) is 16.8. The standard InChI is InChI=1S/C22H26FN3O/c1-16-22(17-7-3-5-9-19(17)24(16)2)21(27)15-25-11-13-26(14-12-25)20-10-6-4-8-18(20)23/h3-10,21,27H,11-15H2,1-2H3/p+1/t21-/m0/s1. The van der Waals surface area contributed by atoms with Gasteiger partial charge < -0.3 is 19.5 Å². The highest BCUT2D eigenvalue weighted by molar-refractivity contribution is 5.85. The van der Waals surface area contributed by atoms with Crippen molar-refractivity contribution in [3.05, 3.63) is 65.6 Å². The highest BCUT2D eigenvalue weighted by Crippen LogP contribution is 2.29. The van der Waals surface area contributed by atoms with E-state index < -0.39 is 6.10 Å². The number of rotatable bonds is 4. The highest BCUT2D eigenvalue weighted by atomic mass is 19.1. The molecule has 3 aromatic rings. The van der Waals surface area contributed by atoms with E-state index in [2.05, 4.69) is 28.5 Å². The molecule has 2 heterocycles. The summed E-state index contributed by atoms with van der Waals surface area (Å²) in [6.45, 7) is 6.16. The number of anilines is 1. The molecular formula is C22H27FN3O+. The van der Waals surface area contributed by atoms with Crippen molar-refractivity contribution in [1.82, 2.24) is 4.57 Å². The van der Waals surface area contributed by atoms with Gasteiger partial charge in [-0.05, 0) is 25.1 Å². The first-order valence-electron chi connectivity index (χ1n) is 9.61. The van der Waals surface area contributed by atoms with Crippen LogP contribution in [0.25, 0.3) is 10.9 Å². The van der Waals surface area contributed by atoms with Gasteiger partial charge in [-0.25, -0.2) is 4.39 Å². The lowest BCUT2D eigenvalue weighted by Crippen LogP contribution is -3.15. The molecular weight excluding hydrogens is 341 g/mol. The monoisotopic (exact) mass is 368 g/mol. The molecule has 1 fully saturated rings. The van der Waals surface area contributed by atoms with Gasteiger partial charge in [0.2, 0.25) is 0 Å². The maximum atomic E-state index is 14.0. The van der Waals surface area contributed by atoms with Crippen LogP contribution in [0, 0.1) is 12.7 Å². The van der Waals surface area contributed by atoms with Crippen LogP contribution in [0.2, 0.25) is 0 Å². The van der Waals surface area contributed by atoms with E-state index in [1.807, 2.05) is 31.3 Å². The minimum Gasteiger partial charge on any atom is -0.382 e. The van der Waals surface area contributed by atoms with Gasteiger partial charge in [-0.3, -0.25) is 0 Å². The Balaban J connectivity index is 1.46. The smallest absolute Gasteiger partial charge is 0.146 e. The van der Waals surface area contributed by atoms with Gasteiger partial charge in [0.25, 0.3) is 0 Å². The number of benzene rings is 2. The van der Waals surface area contributed by atoms with Crippen molar-refractivity contribution >= 4 is 16.6 Å². The number of aromatic nitrogens is 1. The molecule has 0 saturated carbocycles. The number of aliphatic hydroxyl groups excluding tert-OH is 1. The quantitative estimate of drug-likeness (QED) is 0.739. The maximum Gasteiger partial charge on any atom is 0.146 e. The number of nitrogens with one attached hydrogen (secondary N) is 1. The van der Waals surface area contributed by atoms with Crippen LogP contribution >= 0.6 is 0 Å². The molecule has 27 heavy (non-hydrogen) atoms. The van der Waals surface area contributed by atoms with Crippen molar-refractivity contribution in [3.8, 4) is 0 Å². The van der Waals surface area contributed by atoms with Gasteiger partial charge in [0, 0.05) is 29.2 Å². The van der Waals surface area contributed by atoms with Crippen LogP contribution in [0.15, 0.2) is 48.5 Å². The Morgan fingerprint density at radius 1 is 1.07 bits per heavy atom. The number of hydrogen-bond acceptors (Lipinski definition) is 2. The maximum absolute atomic E-state index is 14.0. The second kappa shape index (κ2) is 7.33. The summed E-state index contributed by atoms with van der Waals surface area (Å²) in [5, 5.41) is 12.1. The number of nitrogens with zero attached hydrogens (tertiary/aromatic N) is 2. The molecule has 1 aliphatic rings. The summed E-state index contributed by atoms with van der Waals surface area (Å²) in [7, 11) is 2.05. The molecule has 2 aromatic carbocycles. The van der Waals surface area contributed by atoms with Crippen LogP contribution in [0.3, 0.4) is 0 Å². The Morgan fingerprint density at radius 3 is 2.48 bits per heavy atom. The van der Waals surface area contributed by atoms with E-state index in [1.54, 1.807) is 6.07 Å². The van der Waals surface area contributed by atoms with E-state index in [-0.39, 0.29) is 5.82 Å². The van der Waals surface area contributed by atoms with Crippen LogP contribution in [0.4, 0.5) is 10.1 Å². The Kier molecular flexibility index (Phi) is 4.89. The molecule has 0 amide bonds. The van der Waals surface area contributed by atoms with Crippen molar-refractivity contribution in [1.29, 1.82) is 0 Å². The molecule has 1 atom stereocenters. The van der Waals surface area contributed by atoms with Crippen LogP contribution in [-0.2, 0) is 7.05 Å². The van der Waals surface area contributed by atoms with Crippen molar-refractivity contribution < 1.29 is 14.4 Å². The van der Waals surface area contributed by atoms with Gasteiger partial charge in [-0.2, -0.15) is 0 Å². The second-order valence-corrected chi connectivity index (χ2v) is 7.48. The first-order chi connectivity index (χ1) is 13.1. The summed E-state index contributed by atoms with van der Waals surface area (Å²) in [5.41, 5.74) is 4.00. The van der Waals surface area contributed by atoms with Crippen molar-refractivity contribution in [3.63, 3.8) is 0 Å². The Labute approximate surface area is 159 Å². The average molecular weight is 368 g/mol. The number of fused-ring (bicyclic) bond motifs is 1. The zero-order valence-corrected chi connectivity index (χ0v) is 16.0. The number of piperazine rings is 1. The lowest BCUT2D eigenvalue weighted by Gasteiger charge is -2.34. The number of halogens is 1. The molecule has 1 saturated heterocycles. The largest absolute Gasteiger partial charge is 0.382 e. The first-order valence-corrected chi connectivity index (χ1v) is 9.61. The number of aliphatic hydroxyl groups is 1. The predicted molar refractivity (Wildman–Crippen MR) is 107 cm³/mol. The van der Waals surface area contributed by atoms with E-state index in [4.69, 9.17) is 0 Å². The van der Waals surface area contributed by atoms with Crippen molar-refractivity contribution in [2.24, 2.45) is 7.05 Å². The molecule has 1 aromatic heterocycles. The number of para-hydroxylation sites is 2. The lowest BCUT2D eigenvalue weighted by atomic mass is 10.0. The topological polar surface area (TPSA) is 32.8 Å². The fourth-order valence-corrected chi connectivity index (χ4v) is 4.32. The summed E-state index contributed by atoms with van der Waals surface area (Å²) in [4.78, 5) is 3.47. The number of hydrogen-bond donors (Lipinski definition) is 2.